The summed E-state index contributed by atoms with van der Waals surface area (Å²) >= 11 is 1.71. The molecule has 1 fully saturated rings. The Morgan fingerprint density at radius 2 is 2.00 bits per heavy atom. The molecule has 4 heterocycles. The first kappa shape index (κ1) is 21.2. The zero-order chi connectivity index (χ0) is 21.8. The van der Waals surface area contributed by atoms with E-state index in [0.29, 0.717) is 43.9 Å². The smallest absolute Gasteiger partial charge is 0.255 e. The average Bonchev–Trinajstić information content (AvgIpc) is 3.42. The Balaban J connectivity index is 1.27. The largest absolute Gasteiger partial charge is 0.355 e. The van der Waals surface area contributed by atoms with E-state index in [4.69, 9.17) is 0 Å². The van der Waals surface area contributed by atoms with Gasteiger partial charge in [-0.05, 0) is 62.8 Å². The molecule has 0 spiro atoms. The summed E-state index contributed by atoms with van der Waals surface area (Å²) in [4.78, 5) is 32.8. The minimum Gasteiger partial charge on any atom is -0.355 e. The van der Waals surface area contributed by atoms with Crippen molar-refractivity contribution in [2.24, 2.45) is 5.92 Å². The van der Waals surface area contributed by atoms with Crippen LogP contribution in [0.25, 0.3) is 5.82 Å². The molecule has 162 valence electrons. The second-order valence-electron chi connectivity index (χ2n) is 7.93. The molecule has 1 aliphatic heterocycles. The Bertz CT molecular complexity index is 1030. The zero-order valence-electron chi connectivity index (χ0n) is 17.9. The molecule has 8 heteroatoms. The summed E-state index contributed by atoms with van der Waals surface area (Å²) in [7, 11) is 0. The summed E-state index contributed by atoms with van der Waals surface area (Å²) in [6, 6.07) is 9.71. The minimum atomic E-state index is -0.0380. The van der Waals surface area contributed by atoms with Gasteiger partial charge in [0.15, 0.2) is 5.82 Å². The van der Waals surface area contributed by atoms with Gasteiger partial charge in [0.1, 0.15) is 0 Å². The molecule has 4 rings (SSSR count). The van der Waals surface area contributed by atoms with Crippen LogP contribution in [0.2, 0.25) is 0 Å². The average molecular weight is 438 g/mol. The highest BCUT2D eigenvalue weighted by Crippen LogP contribution is 2.20. The Kier molecular flexibility index (Phi) is 6.46. The summed E-state index contributed by atoms with van der Waals surface area (Å²) in [5.74, 6) is 0.725. The molecule has 1 aliphatic rings. The van der Waals surface area contributed by atoms with Crippen LogP contribution >= 0.6 is 11.3 Å². The lowest BCUT2D eigenvalue weighted by Gasteiger charge is -2.31. The van der Waals surface area contributed by atoms with Crippen LogP contribution in [0.4, 0.5) is 0 Å². The highest BCUT2D eigenvalue weighted by atomic mass is 32.1. The zero-order valence-corrected chi connectivity index (χ0v) is 18.7. The van der Waals surface area contributed by atoms with Crippen molar-refractivity contribution < 1.29 is 9.59 Å². The van der Waals surface area contributed by atoms with Gasteiger partial charge < -0.3 is 10.2 Å². The fraction of sp³-hybridized carbons (Fsp3) is 0.391. The minimum absolute atomic E-state index is 0.0288. The first-order valence-corrected chi connectivity index (χ1v) is 11.5. The van der Waals surface area contributed by atoms with Crippen molar-refractivity contribution in [3.8, 4) is 5.82 Å². The number of rotatable bonds is 6. The predicted molar refractivity (Wildman–Crippen MR) is 120 cm³/mol. The van der Waals surface area contributed by atoms with Gasteiger partial charge in [-0.25, -0.2) is 9.67 Å². The fourth-order valence-electron chi connectivity index (χ4n) is 3.93. The van der Waals surface area contributed by atoms with Crippen LogP contribution in [0.15, 0.2) is 41.9 Å². The molecule has 0 unspecified atom stereocenters. The van der Waals surface area contributed by atoms with Crippen LogP contribution in [0.3, 0.4) is 0 Å². The SMILES string of the molecule is Cc1cc(C)n(-c2ccc(C(=O)N3CCC(C(=O)NCCc4cccs4)CC3)cn2)n1. The molecule has 2 amide bonds. The Labute approximate surface area is 186 Å². The van der Waals surface area contributed by atoms with Gasteiger partial charge in [0.2, 0.25) is 5.91 Å². The third kappa shape index (κ3) is 5.02. The van der Waals surface area contributed by atoms with Crippen molar-refractivity contribution in [3.63, 3.8) is 0 Å². The quantitative estimate of drug-likeness (QED) is 0.642. The van der Waals surface area contributed by atoms with Crippen LogP contribution in [0.5, 0.6) is 0 Å². The number of amides is 2. The molecule has 31 heavy (non-hydrogen) atoms. The van der Waals surface area contributed by atoms with Gasteiger partial charge in [-0.3, -0.25) is 9.59 Å². The molecule has 0 saturated carbocycles. The Morgan fingerprint density at radius 3 is 2.61 bits per heavy atom. The highest BCUT2D eigenvalue weighted by Gasteiger charge is 2.27. The predicted octanol–water partition coefficient (Wildman–Crippen LogP) is 3.16. The summed E-state index contributed by atoms with van der Waals surface area (Å²) in [6.07, 6.45) is 3.85. The maximum absolute atomic E-state index is 12.9. The molecule has 0 aliphatic carbocycles. The van der Waals surface area contributed by atoms with E-state index in [2.05, 4.69) is 21.5 Å². The van der Waals surface area contributed by atoms with Crippen molar-refractivity contribution in [2.45, 2.75) is 33.1 Å². The van der Waals surface area contributed by atoms with Gasteiger partial charge in [-0.15, -0.1) is 11.3 Å². The summed E-state index contributed by atoms with van der Waals surface area (Å²) in [6.45, 7) is 5.74. The first-order valence-electron chi connectivity index (χ1n) is 10.6. The van der Waals surface area contributed by atoms with Crippen LogP contribution in [0, 0.1) is 19.8 Å². The number of pyridine rings is 1. The van der Waals surface area contributed by atoms with Crippen LogP contribution in [-0.4, -0.2) is 51.1 Å². The third-order valence-electron chi connectivity index (χ3n) is 5.63. The number of nitrogens with one attached hydrogen (secondary N) is 1. The van der Waals surface area contributed by atoms with Gasteiger partial charge in [0, 0.05) is 42.3 Å². The van der Waals surface area contributed by atoms with Crippen LogP contribution in [-0.2, 0) is 11.2 Å². The van der Waals surface area contributed by atoms with E-state index in [9.17, 15) is 9.59 Å². The monoisotopic (exact) mass is 437 g/mol. The fourth-order valence-corrected chi connectivity index (χ4v) is 4.64. The van der Waals surface area contributed by atoms with Crippen molar-refractivity contribution in [2.75, 3.05) is 19.6 Å². The number of likely N-dealkylation sites (tertiary alicyclic amines) is 1. The van der Waals surface area contributed by atoms with Crippen molar-refractivity contribution in [1.29, 1.82) is 0 Å². The number of hydrogen-bond donors (Lipinski definition) is 1. The lowest BCUT2D eigenvalue weighted by atomic mass is 9.95. The topological polar surface area (TPSA) is 80.1 Å². The normalized spacial score (nSPS) is 14.6. The molecule has 3 aromatic rings. The lowest BCUT2D eigenvalue weighted by Crippen LogP contribution is -2.43. The van der Waals surface area contributed by atoms with Gasteiger partial charge in [-0.2, -0.15) is 5.10 Å². The third-order valence-corrected chi connectivity index (χ3v) is 6.56. The van der Waals surface area contributed by atoms with E-state index in [-0.39, 0.29) is 17.7 Å². The number of hydrogen-bond acceptors (Lipinski definition) is 5. The Morgan fingerprint density at radius 1 is 1.19 bits per heavy atom. The summed E-state index contributed by atoms with van der Waals surface area (Å²) < 4.78 is 1.77. The molecule has 0 bridgehead atoms. The molecule has 7 nitrogen and oxygen atoms in total. The molecule has 1 N–H and O–H groups in total. The summed E-state index contributed by atoms with van der Waals surface area (Å²) in [5.41, 5.74) is 2.49. The van der Waals surface area contributed by atoms with E-state index < -0.39 is 0 Å². The van der Waals surface area contributed by atoms with E-state index in [1.807, 2.05) is 42.3 Å². The number of aryl methyl sites for hydroxylation is 2. The second-order valence-corrected chi connectivity index (χ2v) is 8.96. The highest BCUT2D eigenvalue weighted by molar-refractivity contribution is 7.09. The standard InChI is InChI=1S/C23H27N5O2S/c1-16-14-17(2)28(26-16)21-6-5-19(15-25-21)23(30)27-11-8-18(9-12-27)22(29)24-10-7-20-4-3-13-31-20/h3-6,13-15,18H,7-12H2,1-2H3,(H,24,29). The van der Waals surface area contributed by atoms with E-state index in [0.717, 1.165) is 17.8 Å². The van der Waals surface area contributed by atoms with Crippen molar-refractivity contribution >= 4 is 23.2 Å². The van der Waals surface area contributed by atoms with Gasteiger partial charge in [-0.1, -0.05) is 6.07 Å². The maximum Gasteiger partial charge on any atom is 0.255 e. The van der Waals surface area contributed by atoms with Crippen LogP contribution < -0.4 is 5.32 Å². The van der Waals surface area contributed by atoms with E-state index in [1.165, 1.54) is 4.88 Å². The van der Waals surface area contributed by atoms with E-state index in [1.54, 1.807) is 28.3 Å². The van der Waals surface area contributed by atoms with Gasteiger partial charge >= 0.3 is 0 Å². The second kappa shape index (κ2) is 9.43. The first-order chi connectivity index (χ1) is 15.0. The summed E-state index contributed by atoms with van der Waals surface area (Å²) in [5, 5.41) is 9.52. The molecular formula is C23H27N5O2S. The maximum atomic E-state index is 12.9. The molecule has 0 atom stereocenters. The molecule has 1 saturated heterocycles. The number of nitrogens with zero attached hydrogens (tertiary/aromatic N) is 4. The van der Waals surface area contributed by atoms with Gasteiger partial charge in [0.05, 0.1) is 11.3 Å². The molecule has 0 radical (unpaired) electrons. The molecule has 0 aromatic carbocycles. The number of aromatic nitrogens is 3. The Hall–Kier alpha value is -3.00. The van der Waals surface area contributed by atoms with Gasteiger partial charge in [0.25, 0.3) is 5.91 Å². The number of thiophene rings is 1. The number of carbonyl (C=O) groups excluding carboxylic acids is 2. The van der Waals surface area contributed by atoms with Crippen LogP contribution in [0.1, 0.15) is 39.5 Å². The van der Waals surface area contributed by atoms with Crippen molar-refractivity contribution in [1.82, 2.24) is 25.0 Å². The molecule has 3 aromatic heterocycles. The lowest BCUT2D eigenvalue weighted by molar-refractivity contribution is -0.126. The number of carbonyl (C=O) groups is 2. The molecular weight excluding hydrogens is 410 g/mol. The number of piperidine rings is 1. The van der Waals surface area contributed by atoms with E-state index >= 15 is 0 Å². The van der Waals surface area contributed by atoms with Crippen molar-refractivity contribution in [3.05, 3.63) is 63.7 Å².